The lowest BCUT2D eigenvalue weighted by atomic mass is 9.94. The minimum atomic E-state index is 0.257. The van der Waals surface area contributed by atoms with Gasteiger partial charge in [0, 0.05) is 29.4 Å². The average Bonchev–Trinajstić information content (AvgIpc) is 3.15. The molecule has 0 bridgehead atoms. The van der Waals surface area contributed by atoms with Crippen molar-refractivity contribution in [3.8, 4) is 11.3 Å². The van der Waals surface area contributed by atoms with Gasteiger partial charge in [0.25, 0.3) is 6.33 Å². The van der Waals surface area contributed by atoms with Gasteiger partial charge in [-0.15, -0.1) is 0 Å². The number of nitrogens with zero attached hydrogens (tertiary/aromatic N) is 5. The predicted molar refractivity (Wildman–Crippen MR) is 125 cm³/mol. The summed E-state index contributed by atoms with van der Waals surface area (Å²) in [7, 11) is 2.08. The highest BCUT2D eigenvalue weighted by Gasteiger charge is 2.29. The van der Waals surface area contributed by atoms with Crippen molar-refractivity contribution in [2.45, 2.75) is 66.7 Å². The van der Waals surface area contributed by atoms with E-state index in [1.807, 2.05) is 6.33 Å². The first-order chi connectivity index (χ1) is 14.7. The monoisotopic (exact) mass is 414 g/mol. The first kappa shape index (κ1) is 21.3. The molecule has 0 spiro atoms. The lowest BCUT2D eigenvalue weighted by Crippen LogP contribution is -2.33. The molecule has 31 heavy (non-hydrogen) atoms. The van der Waals surface area contributed by atoms with E-state index in [9.17, 15) is 0 Å². The zero-order valence-electron chi connectivity index (χ0n) is 19.9. The first-order valence-corrected chi connectivity index (χ1v) is 11.1. The van der Waals surface area contributed by atoms with E-state index in [4.69, 9.17) is 19.9 Å². The van der Waals surface area contributed by atoms with E-state index in [0.29, 0.717) is 0 Å². The highest BCUT2D eigenvalue weighted by molar-refractivity contribution is 5.88. The second kappa shape index (κ2) is 7.95. The Morgan fingerprint density at radius 3 is 2.16 bits per heavy atom. The van der Waals surface area contributed by atoms with Crippen molar-refractivity contribution in [2.75, 3.05) is 0 Å². The molecule has 0 radical (unpaired) electrons. The van der Waals surface area contributed by atoms with Crippen LogP contribution < -0.4 is 4.57 Å². The van der Waals surface area contributed by atoms with Crippen LogP contribution >= 0.6 is 0 Å². The fourth-order valence-electron chi connectivity index (χ4n) is 4.18. The van der Waals surface area contributed by atoms with Crippen LogP contribution in [0.15, 0.2) is 18.5 Å². The Morgan fingerprint density at radius 2 is 1.55 bits per heavy atom. The van der Waals surface area contributed by atoms with Crippen LogP contribution in [0.2, 0.25) is 0 Å². The molecule has 5 heteroatoms. The van der Waals surface area contributed by atoms with Crippen molar-refractivity contribution < 1.29 is 4.57 Å². The summed E-state index contributed by atoms with van der Waals surface area (Å²) < 4.78 is 2.14. The third-order valence-electron chi connectivity index (χ3n) is 6.05. The summed E-state index contributed by atoms with van der Waals surface area (Å²) >= 11 is 0. The van der Waals surface area contributed by atoms with Crippen LogP contribution in [0.1, 0.15) is 85.0 Å². The van der Waals surface area contributed by atoms with Crippen LogP contribution in [-0.2, 0) is 13.5 Å². The lowest BCUT2D eigenvalue weighted by molar-refractivity contribution is -0.663. The number of allylic oxidation sites excluding steroid dienone is 1. The number of benzene rings is 1. The molecule has 1 aliphatic rings. The van der Waals surface area contributed by atoms with Gasteiger partial charge in [0.15, 0.2) is 11.5 Å². The zero-order chi connectivity index (χ0) is 22.4. The maximum absolute atomic E-state index is 4.83. The van der Waals surface area contributed by atoms with Crippen LogP contribution in [-0.4, -0.2) is 19.9 Å². The Kier molecular flexibility index (Phi) is 5.46. The van der Waals surface area contributed by atoms with E-state index in [2.05, 4.69) is 78.3 Å². The molecule has 1 aliphatic carbocycles. The second-order valence-corrected chi connectivity index (χ2v) is 9.35. The van der Waals surface area contributed by atoms with Gasteiger partial charge >= 0.3 is 0 Å². The smallest absolute Gasteiger partial charge is 0.232 e. The minimum absolute atomic E-state index is 0.257. The molecule has 0 N–H and O–H groups in total. The fraction of sp³-hybridized carbons (Fsp3) is 0.423. The molecule has 0 fully saturated rings. The van der Waals surface area contributed by atoms with Gasteiger partial charge in [-0.05, 0) is 49.0 Å². The van der Waals surface area contributed by atoms with Gasteiger partial charge in [-0.3, -0.25) is 0 Å². The van der Waals surface area contributed by atoms with Crippen molar-refractivity contribution >= 4 is 11.6 Å². The molecule has 0 atom stereocenters. The predicted octanol–water partition coefficient (Wildman–Crippen LogP) is 5.03. The maximum atomic E-state index is 4.83. The highest BCUT2D eigenvalue weighted by atomic mass is 15.0. The Bertz CT molecular complexity index is 1180. The van der Waals surface area contributed by atoms with Gasteiger partial charge < -0.3 is 0 Å². The van der Waals surface area contributed by atoms with Crippen LogP contribution in [0.25, 0.3) is 22.9 Å². The number of hydrogen-bond donors (Lipinski definition) is 0. The van der Waals surface area contributed by atoms with Gasteiger partial charge in [-0.2, -0.15) is 0 Å². The zero-order valence-corrected chi connectivity index (χ0v) is 19.9. The third kappa shape index (κ3) is 3.89. The summed E-state index contributed by atoms with van der Waals surface area (Å²) in [6.07, 6.45) is 4.84. The van der Waals surface area contributed by atoms with E-state index in [0.717, 1.165) is 35.2 Å². The molecule has 0 unspecified atom stereocenters. The normalized spacial score (nSPS) is 13.2. The molecular formula is C26H32N5+. The van der Waals surface area contributed by atoms with Crippen molar-refractivity contribution in [1.82, 2.24) is 19.9 Å². The fourth-order valence-corrected chi connectivity index (χ4v) is 4.18. The molecule has 160 valence electrons. The van der Waals surface area contributed by atoms with E-state index in [1.165, 1.54) is 33.5 Å². The molecule has 3 aromatic rings. The molecule has 1 aromatic carbocycles. The summed E-state index contributed by atoms with van der Waals surface area (Å²) in [5.41, 5.74) is 9.76. The number of fused-ring (bicyclic) bond motifs is 1. The van der Waals surface area contributed by atoms with Crippen molar-refractivity contribution in [3.05, 3.63) is 63.9 Å². The molecule has 5 nitrogen and oxygen atoms in total. The van der Waals surface area contributed by atoms with Gasteiger partial charge in [0.2, 0.25) is 0 Å². The molecule has 2 aromatic heterocycles. The second-order valence-electron chi connectivity index (χ2n) is 9.35. The van der Waals surface area contributed by atoms with Crippen LogP contribution in [0.3, 0.4) is 0 Å². The summed E-state index contributed by atoms with van der Waals surface area (Å²) in [4.78, 5) is 19.1. The van der Waals surface area contributed by atoms with E-state index in [1.54, 1.807) is 0 Å². The third-order valence-corrected chi connectivity index (χ3v) is 6.05. The molecule has 0 amide bonds. The Labute approximate surface area is 185 Å². The standard InChI is InChI=1S/C26H32N5/c1-14(2)24-28-25(15(3)4)30-26(29-24)19-11-21-22(12-19)27-13-31(8)23(21)20-10-16(5)9-17(6)18(20)7/h9-10,12-15H,11H2,1-8H3/q+1. The molecule has 0 saturated carbocycles. The maximum Gasteiger partial charge on any atom is 0.287 e. The van der Waals surface area contributed by atoms with Gasteiger partial charge in [0.05, 0.1) is 12.6 Å². The van der Waals surface area contributed by atoms with Gasteiger partial charge in [-0.25, -0.2) is 19.5 Å². The summed E-state index contributed by atoms with van der Waals surface area (Å²) in [5.74, 6) is 3.01. The number of aromatic nitrogens is 5. The molecular weight excluding hydrogens is 382 g/mol. The Balaban J connectivity index is 1.83. The largest absolute Gasteiger partial charge is 0.287 e. The molecule has 4 rings (SSSR count). The molecule has 2 heterocycles. The van der Waals surface area contributed by atoms with Gasteiger partial charge in [-0.1, -0.05) is 39.3 Å². The van der Waals surface area contributed by atoms with Crippen molar-refractivity contribution in [2.24, 2.45) is 7.05 Å². The Hall–Kier alpha value is -2.95. The van der Waals surface area contributed by atoms with Crippen LogP contribution in [0.5, 0.6) is 0 Å². The number of rotatable bonds is 4. The van der Waals surface area contributed by atoms with Crippen LogP contribution in [0, 0.1) is 20.8 Å². The van der Waals surface area contributed by atoms with E-state index < -0.39 is 0 Å². The van der Waals surface area contributed by atoms with E-state index >= 15 is 0 Å². The molecule has 0 aliphatic heterocycles. The molecule has 0 saturated heterocycles. The topological polar surface area (TPSA) is 55.4 Å². The van der Waals surface area contributed by atoms with Crippen molar-refractivity contribution in [1.29, 1.82) is 0 Å². The lowest BCUT2D eigenvalue weighted by Gasteiger charge is -2.14. The van der Waals surface area contributed by atoms with Crippen molar-refractivity contribution in [3.63, 3.8) is 0 Å². The SMILES string of the molecule is Cc1cc(C)c(C)c(-c2c3c(nc[n+]2C)C=C(c2nc(C(C)C)nc(C(C)C)n2)C3)c1. The Morgan fingerprint density at radius 1 is 0.903 bits per heavy atom. The van der Waals surface area contributed by atoms with Gasteiger partial charge in [0.1, 0.15) is 17.3 Å². The number of aryl methyl sites for hydroxylation is 3. The van der Waals surface area contributed by atoms with E-state index in [-0.39, 0.29) is 11.8 Å². The minimum Gasteiger partial charge on any atom is -0.232 e. The summed E-state index contributed by atoms with van der Waals surface area (Å²) in [6.45, 7) is 15.1. The summed E-state index contributed by atoms with van der Waals surface area (Å²) in [6, 6.07) is 4.53. The average molecular weight is 415 g/mol. The summed E-state index contributed by atoms with van der Waals surface area (Å²) in [5, 5.41) is 0. The van der Waals surface area contributed by atoms with Crippen LogP contribution in [0.4, 0.5) is 0 Å². The highest BCUT2D eigenvalue weighted by Crippen LogP contribution is 2.36. The number of hydrogen-bond acceptors (Lipinski definition) is 4. The quantitative estimate of drug-likeness (QED) is 0.562. The first-order valence-electron chi connectivity index (χ1n) is 11.1.